The number of hydrogen-bond donors (Lipinski definition) is 1. The Kier molecular flexibility index (Phi) is 10.8. The van der Waals surface area contributed by atoms with E-state index in [1.165, 1.54) is 34.0 Å². The number of benzene rings is 3. The fourth-order valence-corrected chi connectivity index (χ4v) is 7.45. The van der Waals surface area contributed by atoms with Gasteiger partial charge in [-0.1, -0.05) is 13.0 Å². The molecule has 280 valence electrons. The number of anilines is 2. The third-order valence-electron chi connectivity index (χ3n) is 10.3. The Labute approximate surface area is 305 Å². The highest BCUT2D eigenvalue weighted by atomic mass is 19.1. The van der Waals surface area contributed by atoms with E-state index in [0.29, 0.717) is 31.6 Å². The molecule has 0 spiro atoms. The van der Waals surface area contributed by atoms with Crippen molar-refractivity contribution in [3.63, 3.8) is 0 Å². The number of aliphatic hydroxyl groups is 1. The molecule has 2 fully saturated rings. The highest BCUT2D eigenvalue weighted by molar-refractivity contribution is 5.54. The molecule has 4 atom stereocenters. The molecule has 13 nitrogen and oxygen atoms in total. The average molecular weight is 731 g/mol. The number of hydrogen-bond acceptors (Lipinski definition) is 10. The van der Waals surface area contributed by atoms with Crippen LogP contribution in [0.15, 0.2) is 90.5 Å². The van der Waals surface area contributed by atoms with Crippen molar-refractivity contribution in [2.45, 2.75) is 51.0 Å². The third kappa shape index (κ3) is 7.82. The monoisotopic (exact) mass is 730 g/mol. The van der Waals surface area contributed by atoms with E-state index in [1.54, 1.807) is 11.0 Å². The van der Waals surface area contributed by atoms with Crippen LogP contribution in [0.4, 0.5) is 20.2 Å². The van der Waals surface area contributed by atoms with Gasteiger partial charge in [-0.25, -0.2) is 32.5 Å². The van der Waals surface area contributed by atoms with Gasteiger partial charge in [-0.05, 0) is 74.4 Å². The highest BCUT2D eigenvalue weighted by Crippen LogP contribution is 2.42. The second-order valence-corrected chi connectivity index (χ2v) is 13.6. The zero-order valence-electron chi connectivity index (χ0n) is 29.8. The molecule has 15 heteroatoms. The number of rotatable bonds is 14. The molecule has 0 amide bonds. The molecule has 4 heterocycles. The smallest absolute Gasteiger partial charge is 0.350 e. The van der Waals surface area contributed by atoms with Crippen molar-refractivity contribution in [2.24, 2.45) is 5.92 Å². The van der Waals surface area contributed by atoms with Gasteiger partial charge in [0.05, 0.1) is 37.6 Å². The van der Waals surface area contributed by atoms with E-state index in [-0.39, 0.29) is 30.3 Å². The Bertz CT molecular complexity index is 2000. The fourth-order valence-electron chi connectivity index (χ4n) is 7.45. The van der Waals surface area contributed by atoms with E-state index < -0.39 is 24.0 Å². The number of halogens is 2. The summed E-state index contributed by atoms with van der Waals surface area (Å²) in [6.07, 6.45) is 5.24. The number of piperazine rings is 1. The summed E-state index contributed by atoms with van der Waals surface area (Å²) in [5.41, 5.74) is 1.93. The van der Waals surface area contributed by atoms with Crippen LogP contribution in [-0.2, 0) is 21.6 Å². The molecule has 0 bridgehead atoms. The van der Waals surface area contributed by atoms with Crippen molar-refractivity contribution >= 4 is 11.4 Å². The van der Waals surface area contributed by atoms with Gasteiger partial charge in [-0.3, -0.25) is 0 Å². The molecule has 0 unspecified atom stereocenters. The van der Waals surface area contributed by atoms with Gasteiger partial charge in [0.15, 0.2) is 0 Å². The molecular weight excluding hydrogens is 686 g/mol. The van der Waals surface area contributed by atoms with Crippen LogP contribution in [0.1, 0.15) is 38.3 Å². The molecule has 2 aliphatic heterocycles. The third-order valence-corrected chi connectivity index (χ3v) is 10.3. The normalized spacial score (nSPS) is 20.1. The topological polar surface area (TPSA) is 125 Å². The van der Waals surface area contributed by atoms with E-state index in [9.17, 15) is 13.6 Å². The van der Waals surface area contributed by atoms with Gasteiger partial charge in [0.25, 0.3) is 0 Å². The van der Waals surface area contributed by atoms with E-state index >= 15 is 0 Å². The number of nitrogens with zero attached hydrogens (tertiary/aromatic N) is 8. The number of aliphatic hydroxyl groups excluding tert-OH is 1. The van der Waals surface area contributed by atoms with Gasteiger partial charge in [0.1, 0.15) is 48.8 Å². The lowest BCUT2D eigenvalue weighted by atomic mass is 9.87. The Morgan fingerprint density at radius 3 is 2.25 bits per heavy atom. The van der Waals surface area contributed by atoms with Gasteiger partial charge in [-0.15, -0.1) is 0 Å². The molecule has 5 aromatic rings. The van der Waals surface area contributed by atoms with Crippen LogP contribution < -0.4 is 20.2 Å². The molecular formula is C38H44F2N8O5. The fraction of sp³-hybridized carbons (Fsp3) is 0.421. The van der Waals surface area contributed by atoms with E-state index in [2.05, 4.69) is 37.1 Å². The van der Waals surface area contributed by atoms with E-state index in [4.69, 9.17) is 19.3 Å². The summed E-state index contributed by atoms with van der Waals surface area (Å²) in [4.78, 5) is 21.9. The van der Waals surface area contributed by atoms with Crippen LogP contribution >= 0.6 is 0 Å². The maximum atomic E-state index is 15.0. The molecule has 2 aromatic heterocycles. The lowest BCUT2D eigenvalue weighted by Crippen LogP contribution is -2.46. The summed E-state index contributed by atoms with van der Waals surface area (Å²) >= 11 is 0. The van der Waals surface area contributed by atoms with Crippen LogP contribution in [0.5, 0.6) is 5.75 Å². The molecule has 7 rings (SSSR count). The quantitative estimate of drug-likeness (QED) is 0.163. The first-order valence-electron chi connectivity index (χ1n) is 17.9. The van der Waals surface area contributed by atoms with Gasteiger partial charge in [0.2, 0.25) is 0 Å². The first kappa shape index (κ1) is 36.2. The minimum absolute atomic E-state index is 0.0156. The molecule has 2 saturated heterocycles. The molecule has 0 saturated carbocycles. The van der Waals surface area contributed by atoms with E-state index in [0.717, 1.165) is 55.1 Å². The van der Waals surface area contributed by atoms with Crippen molar-refractivity contribution in [2.75, 3.05) is 56.0 Å². The summed E-state index contributed by atoms with van der Waals surface area (Å²) in [5, 5.41) is 17.7. The minimum Gasteiger partial charge on any atom is -0.493 e. The molecule has 1 N–H and O–H groups in total. The predicted molar refractivity (Wildman–Crippen MR) is 193 cm³/mol. The highest BCUT2D eigenvalue weighted by Gasteiger charge is 2.44. The van der Waals surface area contributed by atoms with Crippen LogP contribution in [0.3, 0.4) is 0 Å². The van der Waals surface area contributed by atoms with Crippen molar-refractivity contribution in [1.29, 1.82) is 0 Å². The van der Waals surface area contributed by atoms with Crippen molar-refractivity contribution in [3.05, 3.63) is 113 Å². The summed E-state index contributed by atoms with van der Waals surface area (Å²) in [5.74, 6) is -0.572. The maximum Gasteiger partial charge on any atom is 0.350 e. The maximum absolute atomic E-state index is 15.0. The molecule has 0 aliphatic carbocycles. The lowest BCUT2D eigenvalue weighted by molar-refractivity contribution is -0.0646. The lowest BCUT2D eigenvalue weighted by Gasteiger charge is -2.37. The van der Waals surface area contributed by atoms with Crippen LogP contribution in [0, 0.1) is 17.6 Å². The summed E-state index contributed by atoms with van der Waals surface area (Å²) in [7, 11) is 0. The molecule has 3 aromatic carbocycles. The summed E-state index contributed by atoms with van der Waals surface area (Å²) in [6, 6.07) is 19.3. The van der Waals surface area contributed by atoms with Crippen LogP contribution in [0.2, 0.25) is 0 Å². The summed E-state index contributed by atoms with van der Waals surface area (Å²) < 4.78 is 51.0. The minimum atomic E-state index is -1.02. The average Bonchev–Trinajstić information content (AvgIpc) is 3.93. The number of ether oxygens (including phenoxy) is 3. The van der Waals surface area contributed by atoms with E-state index in [1.807, 2.05) is 50.2 Å². The van der Waals surface area contributed by atoms with Crippen molar-refractivity contribution in [3.8, 4) is 11.4 Å². The van der Waals surface area contributed by atoms with Crippen molar-refractivity contribution in [1.82, 2.24) is 29.1 Å². The zero-order chi connectivity index (χ0) is 37.0. The zero-order valence-corrected chi connectivity index (χ0v) is 29.8. The van der Waals surface area contributed by atoms with Crippen molar-refractivity contribution < 1.29 is 28.1 Å². The SMILES string of the molecule is CC[C@@H]([C@H](C)OCO)n1ncn(-c2ccc(N3CCN(c4ccc(OC[C@@H]5CO[C@@](Cn6cncn6)(c6ccc(F)cc6F)C5)cc4)CC3)cc2)c1=O. The Morgan fingerprint density at radius 2 is 1.62 bits per heavy atom. The Balaban J connectivity index is 0.919. The van der Waals surface area contributed by atoms with Gasteiger partial charge < -0.3 is 29.1 Å². The first-order chi connectivity index (χ1) is 25.8. The van der Waals surface area contributed by atoms with Gasteiger partial charge >= 0.3 is 5.69 Å². The number of aromatic nitrogens is 6. The Hall–Kier alpha value is -5.12. The molecule has 0 radical (unpaired) electrons. The first-order valence-corrected chi connectivity index (χ1v) is 17.9. The van der Waals surface area contributed by atoms with Gasteiger partial charge in [-0.2, -0.15) is 10.2 Å². The Morgan fingerprint density at radius 1 is 0.943 bits per heavy atom. The standard InChI is InChI=1S/C38H44F2N8O5/c1-3-36(27(2)52-26-49)48-37(50)47(25-43-48)32-7-5-30(6-8-32)44-14-16-45(17-15-44)31-9-11-33(12-10-31)51-20-28-19-38(53-21-28,22-46-24-41-23-42-46)34-13-4-29(39)18-35(34)40/h4-13,18,23-25,27-28,36,49H,3,14-17,19-22,26H2,1-2H3/t27-,28+,36-,38-/m0/s1. The van der Waals surface area contributed by atoms with Gasteiger partial charge in [0, 0.05) is 55.1 Å². The molecule has 53 heavy (non-hydrogen) atoms. The second-order valence-electron chi connectivity index (χ2n) is 13.6. The largest absolute Gasteiger partial charge is 0.493 e. The van der Waals surface area contributed by atoms with Crippen LogP contribution in [0.25, 0.3) is 5.69 Å². The molecule has 2 aliphatic rings. The second kappa shape index (κ2) is 15.9. The van der Waals surface area contributed by atoms with Crippen LogP contribution in [-0.4, -0.2) is 86.5 Å². The predicted octanol–water partition coefficient (Wildman–Crippen LogP) is 4.55. The summed E-state index contributed by atoms with van der Waals surface area (Å²) in [6.45, 7) is 7.71.